The van der Waals surface area contributed by atoms with Crippen molar-refractivity contribution in [2.75, 3.05) is 33.0 Å². The molecule has 20 heteroatoms. The van der Waals surface area contributed by atoms with Gasteiger partial charge in [0.05, 0.1) is 31.4 Å². The molecule has 314 valence electrons. The molecule has 18 N–H and O–H groups in total. The van der Waals surface area contributed by atoms with E-state index in [1.807, 2.05) is 0 Å². The first-order valence-corrected chi connectivity index (χ1v) is 18.8. The van der Waals surface area contributed by atoms with Crippen molar-refractivity contribution in [3.63, 3.8) is 0 Å². The summed E-state index contributed by atoms with van der Waals surface area (Å²) in [5, 5.41) is 82.3. The maximum atomic E-state index is 11.1. The zero-order valence-corrected chi connectivity index (χ0v) is 30.8. The molecule has 0 aromatic heterocycles. The molecule has 0 bridgehead atoms. The Bertz CT molecular complexity index is 1000. The average molecular weight is 774 g/mol. The number of unbranched alkanes of at least 4 members (excludes halogenated alkanes) is 4. The number of hydrogen-bond donors (Lipinski definition) is 13. The highest BCUT2D eigenvalue weighted by atomic mass is 16.8. The van der Waals surface area contributed by atoms with Crippen LogP contribution in [0, 0.1) is 0 Å². The molecule has 53 heavy (non-hydrogen) atoms. The first-order chi connectivity index (χ1) is 25.2. The fourth-order valence-corrected chi connectivity index (χ4v) is 6.71. The van der Waals surface area contributed by atoms with Gasteiger partial charge < -0.3 is 103 Å². The minimum atomic E-state index is -1.62. The van der Waals surface area contributed by atoms with E-state index in [9.17, 15) is 40.9 Å². The Morgan fingerprint density at radius 2 is 1.00 bits per heavy atom. The van der Waals surface area contributed by atoms with Crippen molar-refractivity contribution in [2.24, 2.45) is 28.7 Å². The molecular formula is C33H67N5O15. The SMILES string of the molecule is CCCCCOCCCCC.NC[C@@H]1O[C@H](O[C@H]2[C@@H](O)[C@H](O[C@@H]3[C@@H](O)[C@H](N)C[C@H](N)[C@H]3O[C@H]3O[C@H](CO)[C@@H](O)[C@H](O)[C@H]3N)O[C@@H]2CO)[C@H](N)[C@@H](O)[C@@H]1O. The fraction of sp³-hybridized carbons (Fsp3) is 1.00. The highest BCUT2D eigenvalue weighted by Crippen LogP contribution is 2.34. The van der Waals surface area contributed by atoms with Crippen LogP contribution in [0.4, 0.5) is 0 Å². The van der Waals surface area contributed by atoms with Crippen LogP contribution in [-0.2, 0) is 33.2 Å². The Morgan fingerprint density at radius 1 is 0.528 bits per heavy atom. The van der Waals surface area contributed by atoms with E-state index in [0.717, 1.165) is 13.2 Å². The van der Waals surface area contributed by atoms with Crippen LogP contribution in [0.2, 0.25) is 0 Å². The van der Waals surface area contributed by atoms with Crippen LogP contribution in [0.3, 0.4) is 0 Å². The molecule has 3 aliphatic heterocycles. The number of aliphatic hydroxyl groups excluding tert-OH is 8. The van der Waals surface area contributed by atoms with Gasteiger partial charge in [0.1, 0.15) is 67.1 Å². The van der Waals surface area contributed by atoms with Gasteiger partial charge in [0, 0.05) is 31.8 Å². The second-order valence-corrected chi connectivity index (χ2v) is 14.2. The minimum Gasteiger partial charge on any atom is -0.394 e. The van der Waals surface area contributed by atoms with E-state index in [2.05, 4.69) is 13.8 Å². The summed E-state index contributed by atoms with van der Waals surface area (Å²) in [6, 6.07) is -4.30. The zero-order chi connectivity index (χ0) is 39.4. The largest absolute Gasteiger partial charge is 0.394 e. The third-order valence-electron chi connectivity index (χ3n) is 10.1. The van der Waals surface area contributed by atoms with Gasteiger partial charge in [-0.2, -0.15) is 0 Å². The molecule has 4 fully saturated rings. The summed E-state index contributed by atoms with van der Waals surface area (Å²) >= 11 is 0. The summed E-state index contributed by atoms with van der Waals surface area (Å²) in [5.74, 6) is 0. The quantitative estimate of drug-likeness (QED) is 0.0613. The van der Waals surface area contributed by atoms with E-state index in [4.69, 9.17) is 61.8 Å². The summed E-state index contributed by atoms with van der Waals surface area (Å²) in [6.45, 7) is 4.89. The van der Waals surface area contributed by atoms with Crippen LogP contribution in [-0.4, -0.2) is 190 Å². The number of hydrogen-bond acceptors (Lipinski definition) is 20. The Balaban J connectivity index is 0.000000595. The number of aliphatic hydroxyl groups is 8. The molecular weight excluding hydrogens is 706 g/mol. The summed E-state index contributed by atoms with van der Waals surface area (Å²) in [6.07, 6.45) is -12.8. The van der Waals surface area contributed by atoms with Crippen LogP contribution in [0.15, 0.2) is 0 Å². The lowest BCUT2D eigenvalue weighted by Crippen LogP contribution is -2.68. The van der Waals surface area contributed by atoms with E-state index in [1.165, 1.54) is 38.5 Å². The van der Waals surface area contributed by atoms with E-state index >= 15 is 0 Å². The van der Waals surface area contributed by atoms with Crippen LogP contribution < -0.4 is 28.7 Å². The molecule has 1 saturated carbocycles. The Labute approximate surface area is 310 Å². The van der Waals surface area contributed by atoms with Gasteiger partial charge in [-0.3, -0.25) is 0 Å². The lowest BCUT2D eigenvalue weighted by Gasteiger charge is -2.47. The van der Waals surface area contributed by atoms with E-state index in [1.54, 1.807) is 0 Å². The monoisotopic (exact) mass is 773 g/mol. The van der Waals surface area contributed by atoms with Crippen molar-refractivity contribution >= 4 is 0 Å². The lowest BCUT2D eigenvalue weighted by molar-refractivity contribution is -0.310. The summed E-state index contributed by atoms with van der Waals surface area (Å²) in [5.41, 5.74) is 29.9. The van der Waals surface area contributed by atoms with Gasteiger partial charge in [-0.15, -0.1) is 0 Å². The molecule has 0 radical (unpaired) electrons. The molecule has 1 aliphatic carbocycles. The smallest absolute Gasteiger partial charge is 0.187 e. The van der Waals surface area contributed by atoms with Gasteiger partial charge >= 0.3 is 0 Å². The van der Waals surface area contributed by atoms with Crippen molar-refractivity contribution in [3.05, 3.63) is 0 Å². The van der Waals surface area contributed by atoms with Crippen LogP contribution in [0.1, 0.15) is 58.8 Å². The first-order valence-electron chi connectivity index (χ1n) is 18.8. The molecule has 0 aromatic carbocycles. The predicted octanol–water partition coefficient (Wildman–Crippen LogP) is -5.48. The molecule has 0 spiro atoms. The van der Waals surface area contributed by atoms with Gasteiger partial charge in [0.2, 0.25) is 0 Å². The standard InChI is InChI=1S/C23H45N5O14.C10H22O/c24-2-7-13(32)15(34)10(27)21(37-7)41-19-9(4-30)39-23(17(19)36)42-20-12(31)5(25)1-6(26)18(20)40-22-11(28)16(35)14(33)8(3-29)38-22;1-3-5-7-9-11-10-8-6-4-2/h5-23,29-36H,1-4,24-28H2;3-10H2,1-2H3/t5-,6+,7+,8-,9-,10-,11-,12+,13-,14-,15-,16-,17-,18-,19-,20-,21-,22-,23+;/m1./s1. The normalized spacial score (nSPS) is 44.8. The zero-order valence-electron chi connectivity index (χ0n) is 30.8. The molecule has 19 atom stereocenters. The van der Waals surface area contributed by atoms with Gasteiger partial charge in [-0.05, 0) is 19.3 Å². The fourth-order valence-electron chi connectivity index (χ4n) is 6.71. The lowest BCUT2D eigenvalue weighted by atomic mass is 9.84. The van der Waals surface area contributed by atoms with Crippen molar-refractivity contribution in [1.29, 1.82) is 0 Å². The van der Waals surface area contributed by atoms with E-state index < -0.39 is 129 Å². The topological polar surface area (TPSA) is 357 Å². The van der Waals surface area contributed by atoms with Crippen molar-refractivity contribution < 1.29 is 74.0 Å². The van der Waals surface area contributed by atoms with Gasteiger partial charge in [0.15, 0.2) is 18.9 Å². The summed E-state index contributed by atoms with van der Waals surface area (Å²) in [4.78, 5) is 0. The predicted molar refractivity (Wildman–Crippen MR) is 186 cm³/mol. The summed E-state index contributed by atoms with van der Waals surface area (Å²) in [7, 11) is 0. The molecule has 3 heterocycles. The van der Waals surface area contributed by atoms with Gasteiger partial charge in [-0.25, -0.2) is 0 Å². The Kier molecular flexibility index (Phi) is 20.1. The third-order valence-corrected chi connectivity index (χ3v) is 10.1. The van der Waals surface area contributed by atoms with Crippen molar-refractivity contribution in [3.8, 4) is 0 Å². The number of rotatable bonds is 17. The molecule has 0 unspecified atom stereocenters. The Morgan fingerprint density at radius 3 is 1.51 bits per heavy atom. The maximum absolute atomic E-state index is 11.1. The third kappa shape index (κ3) is 12.1. The molecule has 0 aromatic rings. The van der Waals surface area contributed by atoms with Gasteiger partial charge in [-0.1, -0.05) is 39.5 Å². The minimum absolute atomic E-state index is 0.0642. The second-order valence-electron chi connectivity index (χ2n) is 14.2. The first kappa shape index (κ1) is 46.6. The molecule has 3 saturated heterocycles. The maximum Gasteiger partial charge on any atom is 0.187 e. The van der Waals surface area contributed by atoms with E-state index in [0.29, 0.717) is 0 Å². The van der Waals surface area contributed by atoms with Crippen molar-refractivity contribution in [1.82, 2.24) is 0 Å². The van der Waals surface area contributed by atoms with Crippen LogP contribution in [0.25, 0.3) is 0 Å². The average Bonchev–Trinajstić information content (AvgIpc) is 3.44. The van der Waals surface area contributed by atoms with Crippen molar-refractivity contribution in [2.45, 2.75) is 175 Å². The number of nitrogens with two attached hydrogens (primary N) is 5. The number of ether oxygens (including phenoxy) is 7. The van der Waals surface area contributed by atoms with Crippen LogP contribution in [0.5, 0.6) is 0 Å². The second kappa shape index (κ2) is 22.8. The highest BCUT2D eigenvalue weighted by molar-refractivity contribution is 5.02. The van der Waals surface area contributed by atoms with Gasteiger partial charge in [0.25, 0.3) is 0 Å². The molecule has 4 aliphatic rings. The molecule has 0 amide bonds. The molecule has 4 rings (SSSR count). The summed E-state index contributed by atoms with van der Waals surface area (Å²) < 4.78 is 39.8. The Hall–Kier alpha value is -0.800. The van der Waals surface area contributed by atoms with Crippen LogP contribution >= 0.6 is 0 Å². The molecule has 20 nitrogen and oxygen atoms in total. The van der Waals surface area contributed by atoms with E-state index in [-0.39, 0.29) is 13.0 Å². The highest BCUT2D eigenvalue weighted by Gasteiger charge is 2.54.